The topological polar surface area (TPSA) is 101 Å². The fourth-order valence-electron chi connectivity index (χ4n) is 7.69. The van der Waals surface area contributed by atoms with Crippen molar-refractivity contribution in [3.8, 4) is 0 Å². The minimum atomic E-state index is -1.17. The summed E-state index contributed by atoms with van der Waals surface area (Å²) in [6.07, 6.45) is 16.9. The molecule has 0 saturated heterocycles. The number of nitrogens with two attached hydrogens (primary N) is 1. The molecule has 166 valence electrons. The van der Waals surface area contributed by atoms with Gasteiger partial charge in [0, 0.05) is 6.42 Å². The SMILES string of the molecule is C[C@@]12CCC[C@H]1[C@@H]1CC[C@H]3CCCC[C@]3(C)[C@H]1CC2.N[C@@H](CCC(=O)O)C(=O)O. The van der Waals surface area contributed by atoms with Crippen molar-refractivity contribution in [1.82, 2.24) is 0 Å². The molecule has 0 aromatic heterocycles. The average molecular weight is 408 g/mol. The third kappa shape index (κ3) is 4.65. The van der Waals surface area contributed by atoms with Crippen molar-refractivity contribution in [2.45, 2.75) is 103 Å². The first-order chi connectivity index (χ1) is 13.7. The summed E-state index contributed by atoms with van der Waals surface area (Å²) in [6, 6.07) is -1.06. The fourth-order valence-corrected chi connectivity index (χ4v) is 7.69. The molecule has 0 radical (unpaired) electrons. The Labute approximate surface area is 175 Å². The minimum absolute atomic E-state index is 0.0231. The molecule has 4 fully saturated rings. The van der Waals surface area contributed by atoms with Crippen molar-refractivity contribution in [2.75, 3.05) is 0 Å². The first kappa shape index (κ1) is 22.6. The van der Waals surface area contributed by atoms with E-state index in [4.69, 9.17) is 15.9 Å². The summed E-state index contributed by atoms with van der Waals surface area (Å²) >= 11 is 0. The van der Waals surface area contributed by atoms with E-state index >= 15 is 0 Å². The highest BCUT2D eigenvalue weighted by atomic mass is 16.4. The number of rotatable bonds is 4. The molecule has 0 amide bonds. The molecular weight excluding hydrogens is 366 g/mol. The van der Waals surface area contributed by atoms with Crippen molar-refractivity contribution < 1.29 is 19.8 Å². The number of carboxylic acid groups (broad SMARTS) is 2. The summed E-state index contributed by atoms with van der Waals surface area (Å²) in [5.41, 5.74) is 6.49. The zero-order valence-corrected chi connectivity index (χ0v) is 18.4. The zero-order chi connectivity index (χ0) is 21.2. The number of hydrogen-bond donors (Lipinski definition) is 3. The summed E-state index contributed by atoms with van der Waals surface area (Å²) in [5.74, 6) is 2.21. The Morgan fingerprint density at radius 3 is 2.38 bits per heavy atom. The fraction of sp³-hybridized carbons (Fsp3) is 0.917. The van der Waals surface area contributed by atoms with E-state index in [1.54, 1.807) is 51.4 Å². The lowest BCUT2D eigenvalue weighted by Gasteiger charge is -2.60. The van der Waals surface area contributed by atoms with E-state index in [1.807, 2.05) is 0 Å². The molecule has 0 bridgehead atoms. The molecule has 7 atom stereocenters. The van der Waals surface area contributed by atoms with E-state index in [1.165, 1.54) is 19.3 Å². The van der Waals surface area contributed by atoms with Gasteiger partial charge in [-0.05, 0) is 92.3 Å². The average Bonchev–Trinajstić information content (AvgIpc) is 3.07. The molecule has 0 heterocycles. The van der Waals surface area contributed by atoms with Crippen molar-refractivity contribution >= 4 is 11.9 Å². The van der Waals surface area contributed by atoms with Gasteiger partial charge in [-0.25, -0.2) is 0 Å². The molecular formula is C24H41NO4. The number of carboxylic acids is 2. The van der Waals surface area contributed by atoms with Crippen LogP contribution in [0.15, 0.2) is 0 Å². The highest BCUT2D eigenvalue weighted by Gasteiger charge is 2.56. The Morgan fingerprint density at radius 2 is 1.69 bits per heavy atom. The molecule has 5 heteroatoms. The maximum atomic E-state index is 9.99. The van der Waals surface area contributed by atoms with E-state index in [0.29, 0.717) is 0 Å². The molecule has 4 saturated carbocycles. The van der Waals surface area contributed by atoms with Gasteiger partial charge < -0.3 is 15.9 Å². The molecule has 29 heavy (non-hydrogen) atoms. The van der Waals surface area contributed by atoms with E-state index in [2.05, 4.69) is 13.8 Å². The van der Waals surface area contributed by atoms with Crippen LogP contribution in [0.2, 0.25) is 0 Å². The maximum absolute atomic E-state index is 9.99. The van der Waals surface area contributed by atoms with E-state index in [9.17, 15) is 9.59 Å². The van der Waals surface area contributed by atoms with Crippen LogP contribution < -0.4 is 5.73 Å². The van der Waals surface area contributed by atoms with Gasteiger partial charge in [0.05, 0.1) is 0 Å². The van der Waals surface area contributed by atoms with Crippen LogP contribution in [0.4, 0.5) is 0 Å². The highest BCUT2D eigenvalue weighted by molar-refractivity contribution is 5.74. The molecule has 0 aliphatic heterocycles. The second kappa shape index (κ2) is 8.95. The Kier molecular flexibility index (Phi) is 6.97. The molecule has 4 N–H and O–H groups in total. The van der Waals surface area contributed by atoms with E-state index in [-0.39, 0.29) is 12.8 Å². The van der Waals surface area contributed by atoms with Crippen LogP contribution in [0.25, 0.3) is 0 Å². The summed E-state index contributed by atoms with van der Waals surface area (Å²) in [5, 5.41) is 16.3. The molecule has 4 rings (SSSR count). The van der Waals surface area contributed by atoms with Crippen LogP contribution in [-0.2, 0) is 9.59 Å². The van der Waals surface area contributed by atoms with Gasteiger partial charge in [0.15, 0.2) is 0 Å². The van der Waals surface area contributed by atoms with Gasteiger partial charge in [0.2, 0.25) is 0 Å². The van der Waals surface area contributed by atoms with Crippen LogP contribution in [0.5, 0.6) is 0 Å². The zero-order valence-electron chi connectivity index (χ0n) is 18.4. The second-order valence-corrected chi connectivity index (χ2v) is 10.9. The minimum Gasteiger partial charge on any atom is -0.481 e. The van der Waals surface area contributed by atoms with Gasteiger partial charge in [0.25, 0.3) is 0 Å². The molecule has 4 aliphatic carbocycles. The normalized spacial score (nSPS) is 41.8. The van der Waals surface area contributed by atoms with Gasteiger partial charge >= 0.3 is 11.9 Å². The van der Waals surface area contributed by atoms with Crippen LogP contribution in [-0.4, -0.2) is 28.2 Å². The van der Waals surface area contributed by atoms with Gasteiger partial charge in [-0.15, -0.1) is 0 Å². The van der Waals surface area contributed by atoms with E-state index < -0.39 is 18.0 Å². The summed E-state index contributed by atoms with van der Waals surface area (Å²) in [6.45, 7) is 5.33. The predicted octanol–water partition coefficient (Wildman–Crippen LogP) is 5.07. The van der Waals surface area contributed by atoms with Crippen LogP contribution >= 0.6 is 0 Å². The van der Waals surface area contributed by atoms with E-state index in [0.717, 1.165) is 34.5 Å². The van der Waals surface area contributed by atoms with Gasteiger partial charge in [-0.1, -0.05) is 33.1 Å². The second-order valence-electron chi connectivity index (χ2n) is 10.9. The Balaban J connectivity index is 0.000000207. The summed E-state index contributed by atoms with van der Waals surface area (Å²) in [7, 11) is 0. The van der Waals surface area contributed by atoms with Crippen molar-refractivity contribution in [1.29, 1.82) is 0 Å². The largest absolute Gasteiger partial charge is 0.481 e. The van der Waals surface area contributed by atoms with Crippen LogP contribution in [0.1, 0.15) is 97.3 Å². The first-order valence-electron chi connectivity index (χ1n) is 11.9. The molecule has 5 nitrogen and oxygen atoms in total. The first-order valence-corrected chi connectivity index (χ1v) is 11.9. The number of aliphatic carboxylic acids is 2. The molecule has 0 aromatic rings. The molecule has 0 aromatic carbocycles. The van der Waals surface area contributed by atoms with Crippen molar-refractivity contribution in [3.05, 3.63) is 0 Å². The molecule has 0 spiro atoms. The van der Waals surface area contributed by atoms with Gasteiger partial charge in [-0.2, -0.15) is 0 Å². The third-order valence-corrected chi connectivity index (χ3v) is 9.35. The lowest BCUT2D eigenvalue weighted by molar-refractivity contribution is -0.139. The predicted molar refractivity (Wildman–Crippen MR) is 113 cm³/mol. The lowest BCUT2D eigenvalue weighted by Crippen LogP contribution is -2.51. The number of carbonyl (C=O) groups is 2. The Hall–Kier alpha value is -1.10. The smallest absolute Gasteiger partial charge is 0.320 e. The molecule has 0 unspecified atom stereocenters. The summed E-state index contributed by atoms with van der Waals surface area (Å²) < 4.78 is 0. The summed E-state index contributed by atoms with van der Waals surface area (Å²) in [4.78, 5) is 19.9. The Morgan fingerprint density at radius 1 is 0.931 bits per heavy atom. The highest BCUT2D eigenvalue weighted by Crippen LogP contribution is 2.66. The van der Waals surface area contributed by atoms with Gasteiger partial charge in [0.1, 0.15) is 6.04 Å². The van der Waals surface area contributed by atoms with Crippen LogP contribution in [0, 0.1) is 34.5 Å². The Bertz CT molecular complexity index is 608. The number of fused-ring (bicyclic) bond motifs is 5. The van der Waals surface area contributed by atoms with Crippen molar-refractivity contribution in [3.63, 3.8) is 0 Å². The van der Waals surface area contributed by atoms with Crippen molar-refractivity contribution in [2.24, 2.45) is 40.2 Å². The molecule has 4 aliphatic rings. The quantitative estimate of drug-likeness (QED) is 0.604. The van der Waals surface area contributed by atoms with Gasteiger partial charge in [-0.3, -0.25) is 9.59 Å². The monoisotopic (exact) mass is 407 g/mol. The standard InChI is InChI=1S/C19H32.C5H9NO4/c1-18-11-5-7-16(18)15-9-8-14-6-3-4-12-19(14,2)17(15)10-13-18;6-3(5(9)10)1-2-4(7)8/h14-17H,3-13H2,1-2H3;3H,1-2,6H2,(H,7,8)(H,9,10)/t14-,15+,16+,17+,18+,19+;3-/m10/s1. The maximum Gasteiger partial charge on any atom is 0.320 e. The van der Waals surface area contributed by atoms with Crippen LogP contribution in [0.3, 0.4) is 0 Å². The third-order valence-electron chi connectivity index (χ3n) is 9.35. The number of hydrogen-bond acceptors (Lipinski definition) is 3. The lowest BCUT2D eigenvalue weighted by atomic mass is 9.45.